The van der Waals surface area contributed by atoms with Crippen molar-refractivity contribution in [3.8, 4) is 5.75 Å². The maximum Gasteiger partial charge on any atom is 0.316 e. The number of carbonyl (C=O) groups is 3. The number of benzene rings is 1. The maximum absolute atomic E-state index is 13.8. The van der Waals surface area contributed by atoms with E-state index in [1.165, 1.54) is 11.3 Å². The SMILES string of the molecule is CCC(C)(CC(C)(CC(C)(C)C(=O)Oc1ccc(SC)cc1)C(=O)OCCSCCSCCO)C(=O)OCc1cccs1. The van der Waals surface area contributed by atoms with Crippen LogP contribution in [0.2, 0.25) is 0 Å². The molecule has 0 aliphatic rings. The van der Waals surface area contributed by atoms with Gasteiger partial charge in [0.15, 0.2) is 0 Å². The van der Waals surface area contributed by atoms with Crippen molar-refractivity contribution in [1.82, 2.24) is 0 Å². The standard InChI is InChI=1S/C32H46O7S4/c1-7-31(4,28(35)38-21-26-9-8-16-43-26)23-32(5,29(36)37-15-18-42-20-19-41-17-14-33)22-30(2,3)27(34)39-24-10-12-25(40-6)13-11-24/h8-13,16,33H,7,14-15,17-23H2,1-6H3. The number of aliphatic hydroxyl groups is 1. The summed E-state index contributed by atoms with van der Waals surface area (Å²) in [6, 6.07) is 11.1. The molecule has 1 aromatic heterocycles. The summed E-state index contributed by atoms with van der Waals surface area (Å²) in [5, 5.41) is 10.8. The Kier molecular flexibility index (Phi) is 16.0. The predicted molar refractivity (Wildman–Crippen MR) is 180 cm³/mol. The molecule has 0 aliphatic carbocycles. The molecule has 240 valence electrons. The Labute approximate surface area is 273 Å². The van der Waals surface area contributed by atoms with Crippen LogP contribution in [0.1, 0.15) is 58.8 Å². The van der Waals surface area contributed by atoms with Crippen LogP contribution < -0.4 is 4.74 Å². The molecule has 0 fully saturated rings. The molecule has 0 saturated heterocycles. The van der Waals surface area contributed by atoms with Gasteiger partial charge in [0.2, 0.25) is 0 Å². The second-order valence-corrected chi connectivity index (χ2v) is 15.9. The highest BCUT2D eigenvalue weighted by Crippen LogP contribution is 2.46. The second-order valence-electron chi connectivity index (χ2n) is 11.5. The third kappa shape index (κ3) is 12.3. The van der Waals surface area contributed by atoms with Gasteiger partial charge in [0.1, 0.15) is 19.0 Å². The zero-order chi connectivity index (χ0) is 31.9. The Morgan fingerprint density at radius 1 is 0.837 bits per heavy atom. The van der Waals surface area contributed by atoms with E-state index in [4.69, 9.17) is 19.3 Å². The van der Waals surface area contributed by atoms with E-state index in [2.05, 4.69) is 0 Å². The number of hydrogen-bond donors (Lipinski definition) is 1. The van der Waals surface area contributed by atoms with E-state index >= 15 is 0 Å². The van der Waals surface area contributed by atoms with Crippen molar-refractivity contribution in [3.05, 3.63) is 46.7 Å². The van der Waals surface area contributed by atoms with Gasteiger partial charge in [-0.05, 0) is 88.9 Å². The van der Waals surface area contributed by atoms with E-state index in [1.54, 1.807) is 68.2 Å². The fourth-order valence-corrected chi connectivity index (χ4v) is 7.51. The zero-order valence-electron chi connectivity index (χ0n) is 26.1. The first-order chi connectivity index (χ1) is 20.4. The van der Waals surface area contributed by atoms with Gasteiger partial charge < -0.3 is 19.3 Å². The van der Waals surface area contributed by atoms with E-state index in [9.17, 15) is 14.4 Å². The number of carbonyl (C=O) groups excluding carboxylic acids is 3. The number of rotatable bonds is 20. The molecule has 0 aliphatic heterocycles. The molecule has 0 bridgehead atoms. The Morgan fingerprint density at radius 3 is 2.07 bits per heavy atom. The van der Waals surface area contributed by atoms with Crippen LogP contribution in [-0.2, 0) is 30.5 Å². The summed E-state index contributed by atoms with van der Waals surface area (Å²) in [7, 11) is 0. The van der Waals surface area contributed by atoms with Crippen LogP contribution in [0.25, 0.3) is 0 Å². The molecule has 2 aromatic rings. The van der Waals surface area contributed by atoms with Crippen molar-refractivity contribution in [2.24, 2.45) is 16.2 Å². The first kappa shape index (κ1) is 37.5. The summed E-state index contributed by atoms with van der Waals surface area (Å²) in [5.41, 5.74) is -3.20. The van der Waals surface area contributed by atoms with Crippen LogP contribution in [-0.4, -0.2) is 65.5 Å². The van der Waals surface area contributed by atoms with Crippen LogP contribution in [0.15, 0.2) is 46.7 Å². The molecule has 2 rings (SSSR count). The summed E-state index contributed by atoms with van der Waals surface area (Å²) in [5.74, 6) is 2.29. The Balaban J connectivity index is 2.18. The average molecular weight is 671 g/mol. The highest BCUT2D eigenvalue weighted by Gasteiger charge is 2.50. The summed E-state index contributed by atoms with van der Waals surface area (Å²) in [6.45, 7) is 9.57. The molecule has 2 atom stereocenters. The molecule has 1 aromatic carbocycles. The molecular formula is C32H46O7S4. The van der Waals surface area contributed by atoms with Gasteiger partial charge in [0.25, 0.3) is 0 Å². The van der Waals surface area contributed by atoms with Crippen molar-refractivity contribution < 1.29 is 33.7 Å². The van der Waals surface area contributed by atoms with Gasteiger partial charge in [-0.2, -0.15) is 23.5 Å². The Bertz CT molecular complexity index is 1140. The van der Waals surface area contributed by atoms with Crippen molar-refractivity contribution in [3.63, 3.8) is 0 Å². The Hall–Kier alpha value is -1.66. The lowest BCUT2D eigenvalue weighted by Crippen LogP contribution is -2.44. The van der Waals surface area contributed by atoms with Gasteiger partial charge in [-0.15, -0.1) is 23.1 Å². The van der Waals surface area contributed by atoms with Crippen molar-refractivity contribution in [2.75, 3.05) is 42.5 Å². The number of esters is 3. The van der Waals surface area contributed by atoms with Crippen LogP contribution in [0, 0.1) is 16.2 Å². The topological polar surface area (TPSA) is 99.1 Å². The van der Waals surface area contributed by atoms with Crippen LogP contribution in [0.5, 0.6) is 5.75 Å². The van der Waals surface area contributed by atoms with E-state index < -0.39 is 28.2 Å². The third-order valence-corrected chi connectivity index (χ3v) is 11.0. The number of aliphatic hydroxyl groups excluding tert-OH is 1. The number of ether oxygens (including phenoxy) is 3. The van der Waals surface area contributed by atoms with Gasteiger partial charge in [0, 0.05) is 32.8 Å². The summed E-state index contributed by atoms with van der Waals surface area (Å²) >= 11 is 6.47. The first-order valence-electron chi connectivity index (χ1n) is 14.4. The number of thioether (sulfide) groups is 3. The quantitative estimate of drug-likeness (QED) is 0.0666. The fourth-order valence-electron chi connectivity index (χ4n) is 4.81. The average Bonchev–Trinajstić information content (AvgIpc) is 3.51. The minimum atomic E-state index is -1.17. The molecule has 0 amide bonds. The van der Waals surface area contributed by atoms with Crippen molar-refractivity contribution in [2.45, 2.75) is 65.4 Å². The Morgan fingerprint density at radius 2 is 1.49 bits per heavy atom. The predicted octanol–water partition coefficient (Wildman–Crippen LogP) is 7.35. The lowest BCUT2D eigenvalue weighted by atomic mass is 9.65. The van der Waals surface area contributed by atoms with Crippen molar-refractivity contribution in [1.29, 1.82) is 0 Å². The van der Waals surface area contributed by atoms with E-state index in [0.717, 1.165) is 21.3 Å². The largest absolute Gasteiger partial charge is 0.464 e. The molecule has 0 saturated carbocycles. The number of thiophene rings is 1. The summed E-state index contributed by atoms with van der Waals surface area (Å²) in [4.78, 5) is 42.6. The van der Waals surface area contributed by atoms with Crippen molar-refractivity contribution >= 4 is 64.5 Å². The highest BCUT2D eigenvalue weighted by atomic mass is 32.2. The smallest absolute Gasteiger partial charge is 0.316 e. The lowest BCUT2D eigenvalue weighted by molar-refractivity contribution is -0.167. The maximum atomic E-state index is 13.8. The second kappa shape index (κ2) is 18.3. The fraction of sp³-hybridized carbons (Fsp3) is 0.594. The minimum Gasteiger partial charge on any atom is -0.464 e. The normalized spacial score (nSPS) is 14.4. The van der Waals surface area contributed by atoms with E-state index in [-0.39, 0.29) is 38.6 Å². The van der Waals surface area contributed by atoms with E-state index in [1.807, 2.05) is 49.7 Å². The molecule has 11 heteroatoms. The van der Waals surface area contributed by atoms with Crippen LogP contribution >= 0.6 is 46.6 Å². The van der Waals surface area contributed by atoms with E-state index in [0.29, 0.717) is 23.7 Å². The molecule has 43 heavy (non-hydrogen) atoms. The van der Waals surface area contributed by atoms with Gasteiger partial charge in [-0.3, -0.25) is 14.4 Å². The van der Waals surface area contributed by atoms with Gasteiger partial charge in [-0.25, -0.2) is 0 Å². The molecule has 1 N–H and O–H groups in total. The molecule has 7 nitrogen and oxygen atoms in total. The molecule has 2 unspecified atom stereocenters. The monoisotopic (exact) mass is 670 g/mol. The zero-order valence-corrected chi connectivity index (χ0v) is 29.4. The minimum absolute atomic E-state index is 0.124. The molecule has 1 heterocycles. The van der Waals surface area contributed by atoms with Gasteiger partial charge >= 0.3 is 17.9 Å². The molecular weight excluding hydrogens is 625 g/mol. The molecule has 0 spiro atoms. The highest BCUT2D eigenvalue weighted by molar-refractivity contribution is 8.02. The third-order valence-electron chi connectivity index (χ3n) is 7.20. The molecule has 0 radical (unpaired) electrons. The number of hydrogen-bond acceptors (Lipinski definition) is 11. The van der Waals surface area contributed by atoms with Gasteiger partial charge in [0.05, 0.1) is 22.9 Å². The summed E-state index contributed by atoms with van der Waals surface area (Å²) in [6.07, 6.45) is 2.71. The van der Waals surface area contributed by atoms with Gasteiger partial charge in [-0.1, -0.05) is 13.0 Å². The first-order valence-corrected chi connectivity index (χ1v) is 18.8. The summed E-state index contributed by atoms with van der Waals surface area (Å²) < 4.78 is 17.2. The van der Waals surface area contributed by atoms with Crippen LogP contribution in [0.3, 0.4) is 0 Å². The lowest BCUT2D eigenvalue weighted by Gasteiger charge is -2.39. The van der Waals surface area contributed by atoms with Crippen LogP contribution in [0.4, 0.5) is 0 Å².